The highest BCUT2D eigenvalue weighted by Gasteiger charge is 2.55. The van der Waals surface area contributed by atoms with Crippen LogP contribution in [0.15, 0.2) is 82.0 Å². The maximum absolute atomic E-state index is 14.0. The first-order chi connectivity index (χ1) is 38.4. The molecule has 4 aromatic carbocycles. The molecule has 1 spiro atoms. The number of aliphatic hydroxyl groups excluding tert-OH is 6. The smallest absolute Gasteiger partial charge is 0.349 e. The van der Waals surface area contributed by atoms with Crippen LogP contribution in [0.1, 0.15) is 63.1 Å². The van der Waals surface area contributed by atoms with Crippen LogP contribution in [0.25, 0.3) is 11.0 Å². The van der Waals surface area contributed by atoms with Crippen molar-refractivity contribution >= 4 is 69.9 Å². The summed E-state index contributed by atoms with van der Waals surface area (Å²) < 4.78 is 34.7. The minimum absolute atomic E-state index is 0.0174. The van der Waals surface area contributed by atoms with Gasteiger partial charge in [0.2, 0.25) is 18.1 Å². The molecular formula is C52H49ClN4O24. The number of aromatic hydroxyl groups is 1. The van der Waals surface area contributed by atoms with Gasteiger partial charge in [-0.1, -0.05) is 17.7 Å². The number of phenols is 1. The Kier molecular flexibility index (Phi) is 16.2. The number of phenolic OH excluding ortho intramolecular Hbond substituents is 1. The van der Waals surface area contributed by atoms with Crippen LogP contribution in [-0.2, 0) is 39.0 Å². The Hall–Kier alpha value is -8.45. The van der Waals surface area contributed by atoms with Gasteiger partial charge in [-0.3, -0.25) is 29.3 Å². The Labute approximate surface area is 458 Å². The third kappa shape index (κ3) is 11.5. The summed E-state index contributed by atoms with van der Waals surface area (Å²) in [6, 6.07) is 15.9. The molecule has 5 aromatic rings. The molecule has 1 aliphatic carbocycles. The molecule has 81 heavy (non-hydrogen) atoms. The average Bonchev–Trinajstić information content (AvgIpc) is 3.97. The summed E-state index contributed by atoms with van der Waals surface area (Å²) in [4.78, 5) is 101. The number of amides is 3. The molecular weight excluding hydrogens is 1100 g/mol. The second kappa shape index (κ2) is 23.0. The number of carboxylic acids is 3. The Morgan fingerprint density at radius 3 is 2.04 bits per heavy atom. The number of carbonyl (C=O) groups excluding carboxylic acids is 4. The van der Waals surface area contributed by atoms with Crippen LogP contribution in [-0.4, -0.2) is 167 Å². The van der Waals surface area contributed by atoms with Gasteiger partial charge in [-0.05, 0) is 48.5 Å². The molecule has 29 heteroatoms. The number of anilines is 1. The number of esters is 1. The molecule has 0 radical (unpaired) electrons. The Balaban J connectivity index is 0.897. The normalized spacial score (nSPS) is 25.7. The molecule has 28 nitrogen and oxygen atoms in total. The van der Waals surface area contributed by atoms with E-state index in [1.807, 2.05) is 0 Å². The quantitative estimate of drug-likeness (QED) is 0.0229. The van der Waals surface area contributed by atoms with E-state index in [0.717, 1.165) is 6.07 Å². The zero-order valence-electron chi connectivity index (χ0n) is 41.6. The van der Waals surface area contributed by atoms with E-state index in [0.29, 0.717) is 0 Å². The molecule has 428 valence electrons. The molecule has 11 unspecified atom stereocenters. The van der Waals surface area contributed by atoms with Crippen molar-refractivity contribution in [1.82, 2.24) is 16.0 Å². The SMILES string of the molecule is O=C(O)C[C@@H](NCCNC(=O)c1cc2cc(Cl)c(O)cc2oc1=O)NC(=O)CCC(=O)Nc1ccc2c(c1)C(=O)OC21c2ccc(OC3CC(C(=O)O)C(O)C(O)C3O)cc2Oc2cc(OC3OC(C(=O)O)C(O)C(O)C3O)ccc21. The number of rotatable bonds is 18. The molecule has 4 heterocycles. The van der Waals surface area contributed by atoms with E-state index in [1.165, 1.54) is 66.7 Å². The molecule has 3 amide bonds. The summed E-state index contributed by atoms with van der Waals surface area (Å²) in [5, 5.41) is 112. The summed E-state index contributed by atoms with van der Waals surface area (Å²) >= 11 is 5.93. The fraction of sp³-hybridized carbons (Fsp3) is 0.346. The van der Waals surface area contributed by atoms with Gasteiger partial charge in [-0.2, -0.15) is 0 Å². The highest BCUT2D eigenvalue weighted by Crippen LogP contribution is 2.57. The van der Waals surface area contributed by atoms with Crippen molar-refractivity contribution in [3.63, 3.8) is 0 Å². The van der Waals surface area contributed by atoms with Gasteiger partial charge >= 0.3 is 29.5 Å². The van der Waals surface area contributed by atoms with E-state index < -0.39 is 146 Å². The summed E-state index contributed by atoms with van der Waals surface area (Å²) in [5.74, 6) is -9.87. The first-order valence-corrected chi connectivity index (χ1v) is 25.0. The van der Waals surface area contributed by atoms with Gasteiger partial charge in [0.25, 0.3) is 5.91 Å². The molecule has 1 saturated carbocycles. The first-order valence-electron chi connectivity index (χ1n) is 24.6. The average molecular weight is 1150 g/mol. The number of benzene rings is 4. The second-order valence-electron chi connectivity index (χ2n) is 19.2. The number of fused-ring (bicyclic) bond motifs is 7. The fourth-order valence-corrected chi connectivity index (χ4v) is 9.97. The minimum atomic E-state index is -2.03. The lowest BCUT2D eigenvalue weighted by Gasteiger charge is -2.39. The number of hydrogen-bond donors (Lipinski definition) is 14. The van der Waals surface area contributed by atoms with Gasteiger partial charge in [0.05, 0.1) is 35.2 Å². The van der Waals surface area contributed by atoms with Gasteiger partial charge in [-0.25, -0.2) is 14.4 Å². The van der Waals surface area contributed by atoms with Gasteiger partial charge in [0.1, 0.15) is 76.5 Å². The summed E-state index contributed by atoms with van der Waals surface area (Å²) in [6.45, 7) is -0.256. The first kappa shape index (κ1) is 57.2. The second-order valence-corrected chi connectivity index (χ2v) is 19.6. The van der Waals surface area contributed by atoms with Gasteiger partial charge in [0, 0.05) is 78.3 Å². The van der Waals surface area contributed by atoms with Crippen LogP contribution in [0.4, 0.5) is 5.69 Å². The van der Waals surface area contributed by atoms with Crippen LogP contribution < -0.4 is 41.1 Å². The lowest BCUT2D eigenvalue weighted by Crippen LogP contribution is -2.61. The van der Waals surface area contributed by atoms with E-state index in [1.54, 1.807) is 0 Å². The highest BCUT2D eigenvalue weighted by molar-refractivity contribution is 6.32. The zero-order chi connectivity index (χ0) is 58.4. The predicted octanol–water partition coefficient (Wildman–Crippen LogP) is -0.419. The topological polar surface area (TPSA) is 446 Å². The number of nitrogens with one attached hydrogen (secondary N) is 4. The van der Waals surface area contributed by atoms with E-state index in [-0.39, 0.29) is 91.3 Å². The van der Waals surface area contributed by atoms with Crippen molar-refractivity contribution in [1.29, 1.82) is 0 Å². The largest absolute Gasteiger partial charge is 0.506 e. The molecule has 1 aromatic heterocycles. The summed E-state index contributed by atoms with van der Waals surface area (Å²) in [6.07, 6.45) is -19.8. The molecule has 12 atom stereocenters. The third-order valence-electron chi connectivity index (χ3n) is 13.8. The Morgan fingerprint density at radius 2 is 1.37 bits per heavy atom. The predicted molar refractivity (Wildman–Crippen MR) is 269 cm³/mol. The molecule has 14 N–H and O–H groups in total. The maximum atomic E-state index is 14.0. The number of carbonyl (C=O) groups is 7. The third-order valence-corrected chi connectivity index (χ3v) is 14.1. The molecule has 9 rings (SSSR count). The van der Waals surface area contributed by atoms with Crippen LogP contribution in [0.2, 0.25) is 5.02 Å². The zero-order valence-corrected chi connectivity index (χ0v) is 42.3. The maximum Gasteiger partial charge on any atom is 0.349 e. The van der Waals surface area contributed by atoms with Crippen molar-refractivity contribution < 1.29 is 113 Å². The van der Waals surface area contributed by atoms with Crippen molar-refractivity contribution in [2.45, 2.75) is 92.6 Å². The Morgan fingerprint density at radius 1 is 0.716 bits per heavy atom. The minimum Gasteiger partial charge on any atom is -0.506 e. The number of hydrogen-bond acceptors (Lipinski definition) is 22. The monoisotopic (exact) mass is 1150 g/mol. The fourth-order valence-electron chi connectivity index (χ4n) is 9.80. The summed E-state index contributed by atoms with van der Waals surface area (Å²) in [5.41, 5.74) is -2.75. The number of aliphatic carboxylic acids is 3. The van der Waals surface area contributed by atoms with Crippen molar-refractivity contribution in [2.24, 2.45) is 5.92 Å². The van der Waals surface area contributed by atoms with Crippen molar-refractivity contribution in [3.05, 3.63) is 116 Å². The van der Waals surface area contributed by atoms with Crippen LogP contribution in [0.5, 0.6) is 28.7 Å². The van der Waals surface area contributed by atoms with E-state index in [9.17, 15) is 89.4 Å². The van der Waals surface area contributed by atoms with Crippen LogP contribution in [0, 0.1) is 5.92 Å². The lowest BCUT2D eigenvalue weighted by molar-refractivity contribution is -0.271. The van der Waals surface area contributed by atoms with Gasteiger partial charge in [-0.15, -0.1) is 0 Å². The standard InChI is InChI=1S/C52H49ClN4O24/c53-29-12-19-11-25(49(74)79-31(19)17-30(29)58)46(69)55-10-9-54-35(18-38(61)62)57-37(60)8-7-36(59)56-20-1-4-26-23(13-20)50(75)81-52(26)27-5-2-21(76-34-16-24(47(70)71)39(63)41(65)40(34)64)14-32(27)78-33-15-22(3-6-28(33)52)77-51-44(68)42(66)43(67)45(80-51)48(72)73/h1-6,11-15,17,24,34-35,39-45,51,54,58,63-68H,7-10,16,18H2,(H,55,69)(H,56,59)(H,57,60)(H,61,62)(H,70,71)(H,72,73)/t24?,34?,35-,39?,40?,41?,42?,43?,44?,45?,51?,52?/m0/s1. The molecule has 1 saturated heterocycles. The number of halogens is 1. The number of aliphatic hydroxyl groups is 6. The lowest BCUT2D eigenvalue weighted by atomic mass is 9.77. The van der Waals surface area contributed by atoms with Crippen LogP contribution >= 0.6 is 11.6 Å². The Bertz CT molecular complexity index is 3330. The van der Waals surface area contributed by atoms with Crippen molar-refractivity contribution in [3.8, 4) is 28.7 Å². The molecule has 2 fully saturated rings. The summed E-state index contributed by atoms with van der Waals surface area (Å²) in [7, 11) is 0. The molecule has 4 aliphatic rings. The van der Waals surface area contributed by atoms with Gasteiger partial charge in [0.15, 0.2) is 11.7 Å². The van der Waals surface area contributed by atoms with Gasteiger partial charge < -0.3 is 95.1 Å². The van der Waals surface area contributed by atoms with Crippen LogP contribution in [0.3, 0.4) is 0 Å². The molecule has 0 bridgehead atoms. The number of carboxylic acid groups (broad SMARTS) is 3. The van der Waals surface area contributed by atoms with E-state index >= 15 is 0 Å². The highest BCUT2D eigenvalue weighted by atomic mass is 35.5. The number of ether oxygens (including phenoxy) is 5. The van der Waals surface area contributed by atoms with E-state index in [4.69, 9.17) is 39.7 Å². The molecule has 3 aliphatic heterocycles. The van der Waals surface area contributed by atoms with E-state index in [2.05, 4.69) is 21.3 Å². The van der Waals surface area contributed by atoms with Crippen molar-refractivity contribution in [2.75, 3.05) is 18.4 Å².